The Balaban J connectivity index is 1.48. The van der Waals surface area contributed by atoms with E-state index < -0.39 is 10.0 Å². The maximum atomic E-state index is 13.0. The van der Waals surface area contributed by atoms with Crippen LogP contribution in [0.4, 0.5) is 4.79 Å². The fourth-order valence-electron chi connectivity index (χ4n) is 4.52. The summed E-state index contributed by atoms with van der Waals surface area (Å²) in [5, 5.41) is 0. The normalized spacial score (nSPS) is 24.9. The molecule has 1 aliphatic carbocycles. The van der Waals surface area contributed by atoms with Gasteiger partial charge in [0.05, 0.1) is 18.0 Å². The van der Waals surface area contributed by atoms with E-state index >= 15 is 0 Å². The van der Waals surface area contributed by atoms with Crippen molar-refractivity contribution in [3.8, 4) is 5.75 Å². The molecule has 1 aromatic rings. The first-order valence-electron chi connectivity index (χ1n) is 9.72. The van der Waals surface area contributed by atoms with Crippen molar-refractivity contribution in [3.05, 3.63) is 24.3 Å². The predicted molar refractivity (Wildman–Crippen MR) is 101 cm³/mol. The lowest BCUT2D eigenvalue weighted by atomic mass is 9.94. The van der Waals surface area contributed by atoms with Gasteiger partial charge in [0.25, 0.3) is 0 Å². The molecule has 2 saturated heterocycles. The first-order chi connectivity index (χ1) is 13.0. The van der Waals surface area contributed by atoms with Crippen molar-refractivity contribution in [1.82, 2.24) is 14.1 Å². The second-order valence-corrected chi connectivity index (χ2v) is 9.55. The number of amides is 2. The summed E-state index contributed by atoms with van der Waals surface area (Å²) in [5.41, 5.74) is 0. The fraction of sp³-hybridized carbons (Fsp3) is 0.632. The van der Waals surface area contributed by atoms with Crippen LogP contribution in [0.5, 0.6) is 5.75 Å². The molecule has 8 heteroatoms. The van der Waals surface area contributed by atoms with Crippen LogP contribution in [0.2, 0.25) is 0 Å². The van der Waals surface area contributed by atoms with Crippen molar-refractivity contribution in [2.24, 2.45) is 0 Å². The van der Waals surface area contributed by atoms with Gasteiger partial charge in [-0.2, -0.15) is 4.31 Å². The number of piperazine rings is 1. The zero-order valence-electron chi connectivity index (χ0n) is 15.7. The lowest BCUT2D eigenvalue weighted by molar-refractivity contribution is 0.151. The Morgan fingerprint density at radius 2 is 1.63 bits per heavy atom. The number of sulfonamides is 1. The molecule has 0 bridgehead atoms. The SMILES string of the molecule is COc1ccc(S(=O)(=O)N2CCN3C(=O)N(C4CCCCC4)CC3C2)cc1. The number of carbonyl (C=O) groups excluding carboxylic acids is 1. The van der Waals surface area contributed by atoms with Gasteiger partial charge in [-0.25, -0.2) is 13.2 Å². The van der Waals surface area contributed by atoms with Crippen molar-refractivity contribution in [1.29, 1.82) is 0 Å². The first kappa shape index (κ1) is 18.6. The Morgan fingerprint density at radius 1 is 0.926 bits per heavy atom. The fourth-order valence-corrected chi connectivity index (χ4v) is 5.99. The van der Waals surface area contributed by atoms with Gasteiger partial charge in [0.15, 0.2) is 0 Å². The van der Waals surface area contributed by atoms with Crippen LogP contribution in [0.3, 0.4) is 0 Å². The van der Waals surface area contributed by atoms with Crippen LogP contribution in [-0.2, 0) is 10.0 Å². The van der Waals surface area contributed by atoms with Gasteiger partial charge in [-0.3, -0.25) is 0 Å². The highest BCUT2D eigenvalue weighted by atomic mass is 32.2. The maximum Gasteiger partial charge on any atom is 0.320 e. The van der Waals surface area contributed by atoms with Crippen LogP contribution >= 0.6 is 0 Å². The van der Waals surface area contributed by atoms with E-state index in [1.807, 2.05) is 9.80 Å². The third-order valence-electron chi connectivity index (χ3n) is 6.06. The summed E-state index contributed by atoms with van der Waals surface area (Å²) >= 11 is 0. The van der Waals surface area contributed by atoms with Crippen LogP contribution in [0.15, 0.2) is 29.2 Å². The molecule has 0 aromatic heterocycles. The van der Waals surface area contributed by atoms with Crippen molar-refractivity contribution in [2.45, 2.75) is 49.1 Å². The molecule has 148 valence electrons. The topological polar surface area (TPSA) is 70.2 Å². The van der Waals surface area contributed by atoms with Crippen molar-refractivity contribution >= 4 is 16.1 Å². The summed E-state index contributed by atoms with van der Waals surface area (Å²) in [5.74, 6) is 0.628. The number of hydrogen-bond acceptors (Lipinski definition) is 4. The van der Waals surface area contributed by atoms with E-state index in [2.05, 4.69) is 0 Å². The highest BCUT2D eigenvalue weighted by molar-refractivity contribution is 7.89. The number of carbonyl (C=O) groups is 1. The molecule has 1 saturated carbocycles. The molecule has 2 aliphatic heterocycles. The third-order valence-corrected chi connectivity index (χ3v) is 7.94. The minimum Gasteiger partial charge on any atom is -0.497 e. The number of nitrogens with zero attached hydrogens (tertiary/aromatic N) is 3. The van der Waals surface area contributed by atoms with Gasteiger partial charge in [0.2, 0.25) is 10.0 Å². The molecule has 7 nitrogen and oxygen atoms in total. The van der Waals surface area contributed by atoms with Crippen molar-refractivity contribution < 1.29 is 17.9 Å². The molecule has 0 radical (unpaired) electrons. The molecule has 1 unspecified atom stereocenters. The monoisotopic (exact) mass is 393 g/mol. The van der Waals surface area contributed by atoms with Gasteiger partial charge >= 0.3 is 6.03 Å². The molecule has 4 rings (SSSR count). The van der Waals surface area contributed by atoms with Gasteiger partial charge in [-0.05, 0) is 37.1 Å². The molecular weight excluding hydrogens is 366 g/mol. The Kier molecular flexibility index (Phi) is 5.03. The molecule has 3 aliphatic rings. The Hall–Kier alpha value is -1.80. The molecule has 1 atom stereocenters. The summed E-state index contributed by atoms with van der Waals surface area (Å²) in [6, 6.07) is 6.83. The molecule has 2 heterocycles. The standard InChI is InChI=1S/C19H27N3O4S/c1-26-17-7-9-18(10-8-17)27(24,25)20-11-12-21-16(13-20)14-22(19(21)23)15-5-3-2-4-6-15/h7-10,15-16H,2-6,11-14H2,1H3. The second-order valence-electron chi connectivity index (χ2n) is 7.61. The Bertz CT molecular complexity index is 790. The van der Waals surface area contributed by atoms with E-state index in [0.29, 0.717) is 38.0 Å². The van der Waals surface area contributed by atoms with Crippen LogP contribution in [0.1, 0.15) is 32.1 Å². The van der Waals surface area contributed by atoms with Crippen molar-refractivity contribution in [3.63, 3.8) is 0 Å². The zero-order valence-corrected chi connectivity index (χ0v) is 16.5. The molecule has 27 heavy (non-hydrogen) atoms. The number of urea groups is 1. The Morgan fingerprint density at radius 3 is 2.30 bits per heavy atom. The number of hydrogen-bond donors (Lipinski definition) is 0. The minimum absolute atomic E-state index is 0.0544. The lowest BCUT2D eigenvalue weighted by Gasteiger charge is -2.35. The summed E-state index contributed by atoms with van der Waals surface area (Å²) in [4.78, 5) is 16.9. The molecule has 0 spiro atoms. The van der Waals surface area contributed by atoms with E-state index in [-0.39, 0.29) is 17.0 Å². The van der Waals surface area contributed by atoms with E-state index in [1.165, 1.54) is 23.6 Å². The lowest BCUT2D eigenvalue weighted by Crippen LogP contribution is -2.53. The average molecular weight is 394 g/mol. The van der Waals surface area contributed by atoms with E-state index in [4.69, 9.17) is 4.74 Å². The summed E-state index contributed by atoms with van der Waals surface area (Å²) < 4.78 is 32.6. The summed E-state index contributed by atoms with van der Waals surface area (Å²) in [6.07, 6.45) is 5.74. The number of fused-ring (bicyclic) bond motifs is 1. The molecule has 3 fully saturated rings. The first-order valence-corrected chi connectivity index (χ1v) is 11.2. The molecule has 0 N–H and O–H groups in total. The van der Waals surface area contributed by atoms with Gasteiger partial charge < -0.3 is 14.5 Å². The largest absolute Gasteiger partial charge is 0.497 e. The quantitative estimate of drug-likeness (QED) is 0.786. The van der Waals surface area contributed by atoms with Gasteiger partial charge in [0, 0.05) is 32.2 Å². The number of ether oxygens (including phenoxy) is 1. The number of rotatable bonds is 4. The van der Waals surface area contributed by atoms with E-state index in [1.54, 1.807) is 31.4 Å². The van der Waals surface area contributed by atoms with E-state index in [0.717, 1.165) is 12.8 Å². The summed E-state index contributed by atoms with van der Waals surface area (Å²) in [7, 11) is -2.01. The van der Waals surface area contributed by atoms with Gasteiger partial charge in [-0.15, -0.1) is 0 Å². The van der Waals surface area contributed by atoms with Crippen LogP contribution in [-0.4, -0.2) is 73.9 Å². The molecule has 2 amide bonds. The highest BCUT2D eigenvalue weighted by Gasteiger charge is 2.45. The van der Waals surface area contributed by atoms with Gasteiger partial charge in [0.1, 0.15) is 5.75 Å². The van der Waals surface area contributed by atoms with Crippen LogP contribution in [0, 0.1) is 0 Å². The molecule has 1 aromatic carbocycles. The van der Waals surface area contributed by atoms with Gasteiger partial charge in [-0.1, -0.05) is 19.3 Å². The maximum absolute atomic E-state index is 13.0. The second kappa shape index (κ2) is 7.31. The van der Waals surface area contributed by atoms with Crippen LogP contribution in [0.25, 0.3) is 0 Å². The summed E-state index contributed by atoms with van der Waals surface area (Å²) in [6.45, 7) is 1.80. The number of methoxy groups -OCH3 is 1. The smallest absolute Gasteiger partial charge is 0.320 e. The van der Waals surface area contributed by atoms with E-state index in [9.17, 15) is 13.2 Å². The number of benzene rings is 1. The minimum atomic E-state index is -3.56. The zero-order chi connectivity index (χ0) is 19.0. The average Bonchev–Trinajstić information content (AvgIpc) is 3.05. The highest BCUT2D eigenvalue weighted by Crippen LogP contribution is 2.31. The Labute approximate surface area is 160 Å². The van der Waals surface area contributed by atoms with Crippen LogP contribution < -0.4 is 4.74 Å². The third kappa shape index (κ3) is 3.40. The molecular formula is C19H27N3O4S. The van der Waals surface area contributed by atoms with Crippen molar-refractivity contribution in [2.75, 3.05) is 33.3 Å². The predicted octanol–water partition coefficient (Wildman–Crippen LogP) is 2.14.